The van der Waals surface area contributed by atoms with Gasteiger partial charge in [0.2, 0.25) is 0 Å². The van der Waals surface area contributed by atoms with E-state index < -0.39 is 0 Å². The van der Waals surface area contributed by atoms with Gasteiger partial charge in [-0.15, -0.1) is 0 Å². The van der Waals surface area contributed by atoms with Crippen LogP contribution in [0.2, 0.25) is 0 Å². The number of benzene rings is 1. The molecule has 0 bridgehead atoms. The van der Waals surface area contributed by atoms with Crippen molar-refractivity contribution in [2.45, 2.75) is 25.4 Å². The molecule has 2 rings (SSSR count). The maximum Gasteiger partial charge on any atom is 0.119 e. The first-order chi connectivity index (χ1) is 9.11. The van der Waals surface area contributed by atoms with E-state index in [9.17, 15) is 0 Å². The number of halogens is 1. The largest absolute Gasteiger partial charge is 0.492 e. The molecule has 3 nitrogen and oxygen atoms in total. The van der Waals surface area contributed by atoms with Gasteiger partial charge >= 0.3 is 0 Å². The van der Waals surface area contributed by atoms with Gasteiger partial charge < -0.3 is 9.47 Å². The molecule has 1 atom stereocenters. The normalized spacial score (nSPS) is 24.4. The number of piperidine rings is 1. The van der Waals surface area contributed by atoms with Gasteiger partial charge in [-0.3, -0.25) is 4.90 Å². The van der Waals surface area contributed by atoms with Gasteiger partial charge in [-0.05, 0) is 50.6 Å². The van der Waals surface area contributed by atoms with Crippen molar-refractivity contribution in [3.05, 3.63) is 28.7 Å². The lowest BCUT2D eigenvalue weighted by atomic mass is 9.95. The second kappa shape index (κ2) is 6.73. The maximum absolute atomic E-state index is 5.76. The Morgan fingerprint density at radius 3 is 2.74 bits per heavy atom. The number of hydrogen-bond acceptors (Lipinski definition) is 3. The van der Waals surface area contributed by atoms with Crippen molar-refractivity contribution >= 4 is 15.9 Å². The van der Waals surface area contributed by atoms with Crippen LogP contribution in [0.5, 0.6) is 5.75 Å². The van der Waals surface area contributed by atoms with E-state index in [4.69, 9.17) is 9.47 Å². The highest BCUT2D eigenvalue weighted by atomic mass is 79.9. The Morgan fingerprint density at radius 2 is 2.05 bits per heavy atom. The summed E-state index contributed by atoms with van der Waals surface area (Å²) < 4.78 is 12.4. The summed E-state index contributed by atoms with van der Waals surface area (Å²) >= 11 is 3.42. The highest BCUT2D eigenvalue weighted by Gasteiger charge is 2.30. The number of likely N-dealkylation sites (tertiary alicyclic amines) is 1. The van der Waals surface area contributed by atoms with Crippen molar-refractivity contribution in [1.29, 1.82) is 0 Å². The predicted molar refractivity (Wildman–Crippen MR) is 80.7 cm³/mol. The number of nitrogens with zero attached hydrogens (tertiary/aromatic N) is 1. The molecule has 1 fully saturated rings. The Bertz CT molecular complexity index is 396. The van der Waals surface area contributed by atoms with Gasteiger partial charge in [0.05, 0.1) is 5.60 Å². The van der Waals surface area contributed by atoms with Crippen LogP contribution in [0.25, 0.3) is 0 Å². The Kier molecular flexibility index (Phi) is 5.25. The molecule has 0 radical (unpaired) electrons. The molecule has 1 aromatic rings. The Balaban J connectivity index is 1.75. The molecular weight excluding hydrogens is 306 g/mol. The van der Waals surface area contributed by atoms with Gasteiger partial charge in [0.15, 0.2) is 0 Å². The maximum atomic E-state index is 5.76. The molecule has 1 saturated heterocycles. The Morgan fingerprint density at radius 1 is 1.32 bits per heavy atom. The molecule has 1 unspecified atom stereocenters. The fourth-order valence-electron chi connectivity index (χ4n) is 2.49. The number of ether oxygens (including phenoxy) is 2. The highest BCUT2D eigenvalue weighted by Crippen LogP contribution is 2.23. The molecule has 1 aliphatic heterocycles. The van der Waals surface area contributed by atoms with Crippen molar-refractivity contribution in [3.8, 4) is 5.75 Å². The lowest BCUT2D eigenvalue weighted by Gasteiger charge is -2.39. The van der Waals surface area contributed by atoms with Crippen LogP contribution in [0.15, 0.2) is 28.7 Å². The van der Waals surface area contributed by atoms with Crippen LogP contribution < -0.4 is 4.74 Å². The number of rotatable bonds is 5. The van der Waals surface area contributed by atoms with Crippen molar-refractivity contribution in [1.82, 2.24) is 4.90 Å². The average molecular weight is 328 g/mol. The first-order valence-electron chi connectivity index (χ1n) is 6.77. The number of methoxy groups -OCH3 is 1. The zero-order valence-corrected chi connectivity index (χ0v) is 13.3. The van der Waals surface area contributed by atoms with Crippen LogP contribution in [0.4, 0.5) is 0 Å². The predicted octanol–water partition coefficient (Wildman–Crippen LogP) is 3.33. The summed E-state index contributed by atoms with van der Waals surface area (Å²) in [6.07, 6.45) is 2.34. The van der Waals surface area contributed by atoms with E-state index >= 15 is 0 Å². The summed E-state index contributed by atoms with van der Waals surface area (Å²) in [5.74, 6) is 0.926. The van der Waals surface area contributed by atoms with Gasteiger partial charge in [-0.1, -0.05) is 15.9 Å². The minimum atomic E-state index is 0.00978. The fraction of sp³-hybridized carbons (Fsp3) is 0.600. The second-order valence-corrected chi connectivity index (χ2v) is 6.25. The molecule has 0 aliphatic carbocycles. The third-order valence-corrected chi connectivity index (χ3v) is 4.25. The molecule has 106 valence electrons. The van der Waals surface area contributed by atoms with E-state index in [1.165, 1.54) is 6.42 Å². The van der Waals surface area contributed by atoms with E-state index in [2.05, 4.69) is 27.8 Å². The van der Waals surface area contributed by atoms with Gasteiger partial charge in [-0.2, -0.15) is 0 Å². The van der Waals surface area contributed by atoms with E-state index in [0.717, 1.165) is 42.9 Å². The SMILES string of the molecule is COC1(C)CCCN(CCOc2ccc(Br)cc2)C1. The molecule has 1 heterocycles. The van der Waals surface area contributed by atoms with Crippen molar-refractivity contribution in [2.75, 3.05) is 33.4 Å². The summed E-state index contributed by atoms with van der Waals surface area (Å²) in [6, 6.07) is 7.97. The van der Waals surface area contributed by atoms with E-state index in [-0.39, 0.29) is 5.60 Å². The van der Waals surface area contributed by atoms with E-state index in [1.807, 2.05) is 31.4 Å². The zero-order chi connectivity index (χ0) is 13.7. The van der Waals surface area contributed by atoms with E-state index in [1.54, 1.807) is 0 Å². The first-order valence-corrected chi connectivity index (χ1v) is 7.56. The van der Waals surface area contributed by atoms with Gasteiger partial charge in [0, 0.05) is 24.7 Å². The van der Waals surface area contributed by atoms with Crippen LogP contribution in [-0.4, -0.2) is 43.9 Å². The third-order valence-electron chi connectivity index (χ3n) is 3.72. The van der Waals surface area contributed by atoms with Crippen molar-refractivity contribution < 1.29 is 9.47 Å². The summed E-state index contributed by atoms with van der Waals surface area (Å²) in [6.45, 7) is 6.00. The van der Waals surface area contributed by atoms with Gasteiger partial charge in [0.1, 0.15) is 12.4 Å². The smallest absolute Gasteiger partial charge is 0.119 e. The zero-order valence-electron chi connectivity index (χ0n) is 11.7. The molecule has 0 spiro atoms. The lowest BCUT2D eigenvalue weighted by molar-refractivity contribution is -0.0524. The summed E-state index contributed by atoms with van der Waals surface area (Å²) in [5.41, 5.74) is 0.00978. The lowest BCUT2D eigenvalue weighted by Crippen LogP contribution is -2.48. The minimum Gasteiger partial charge on any atom is -0.492 e. The van der Waals surface area contributed by atoms with Crippen LogP contribution in [0.3, 0.4) is 0 Å². The molecule has 0 aromatic heterocycles. The molecular formula is C15H22BrNO2. The molecule has 4 heteroatoms. The molecule has 1 aromatic carbocycles. The molecule has 0 N–H and O–H groups in total. The Labute approximate surface area is 124 Å². The second-order valence-electron chi connectivity index (χ2n) is 5.34. The molecule has 0 amide bonds. The highest BCUT2D eigenvalue weighted by molar-refractivity contribution is 9.10. The van der Waals surface area contributed by atoms with Crippen LogP contribution in [0, 0.1) is 0 Å². The summed E-state index contributed by atoms with van der Waals surface area (Å²) in [4.78, 5) is 2.42. The molecule has 1 aliphatic rings. The van der Waals surface area contributed by atoms with E-state index in [0.29, 0.717) is 0 Å². The quantitative estimate of drug-likeness (QED) is 0.828. The van der Waals surface area contributed by atoms with Crippen molar-refractivity contribution in [3.63, 3.8) is 0 Å². The topological polar surface area (TPSA) is 21.7 Å². The Hall–Kier alpha value is -0.580. The van der Waals surface area contributed by atoms with Crippen molar-refractivity contribution in [2.24, 2.45) is 0 Å². The van der Waals surface area contributed by atoms with Crippen LogP contribution in [0.1, 0.15) is 19.8 Å². The first kappa shape index (κ1) is 14.8. The van der Waals surface area contributed by atoms with Gasteiger partial charge in [0.25, 0.3) is 0 Å². The molecule has 0 saturated carbocycles. The average Bonchev–Trinajstić information content (AvgIpc) is 2.41. The molecule has 19 heavy (non-hydrogen) atoms. The standard InChI is InChI=1S/C15H22BrNO2/c1-15(18-2)8-3-9-17(12-15)10-11-19-14-6-4-13(16)5-7-14/h4-7H,3,8-12H2,1-2H3. The fourth-order valence-corrected chi connectivity index (χ4v) is 2.75. The van der Waals surface area contributed by atoms with Crippen LogP contribution in [-0.2, 0) is 4.74 Å². The summed E-state index contributed by atoms with van der Waals surface area (Å²) in [7, 11) is 1.81. The monoisotopic (exact) mass is 327 g/mol. The third kappa shape index (κ3) is 4.48. The summed E-state index contributed by atoms with van der Waals surface area (Å²) in [5, 5.41) is 0. The minimum absolute atomic E-state index is 0.00978. The van der Waals surface area contributed by atoms with Crippen LogP contribution >= 0.6 is 15.9 Å². The van der Waals surface area contributed by atoms with Gasteiger partial charge in [-0.25, -0.2) is 0 Å². The number of hydrogen-bond donors (Lipinski definition) is 0.